The minimum absolute atomic E-state index is 0.232. The lowest BCUT2D eigenvalue weighted by molar-refractivity contribution is 0.0212. The lowest BCUT2D eigenvalue weighted by Gasteiger charge is -2.27. The second-order valence-electron chi connectivity index (χ2n) is 5.98. The third kappa shape index (κ3) is 4.49. The summed E-state index contributed by atoms with van der Waals surface area (Å²) < 4.78 is 0. The first kappa shape index (κ1) is 15.9. The summed E-state index contributed by atoms with van der Waals surface area (Å²) in [5.41, 5.74) is -0.423. The molecular weight excluding hydrogens is 266 g/mol. The fourth-order valence-electron chi connectivity index (χ4n) is 2.61. The minimum atomic E-state index is -0.814. The molecule has 5 nitrogen and oxygen atoms in total. The maximum Gasteiger partial charge on any atom is 0.270 e. The van der Waals surface area contributed by atoms with Crippen LogP contribution in [0, 0.1) is 0 Å². The number of amides is 1. The van der Waals surface area contributed by atoms with Gasteiger partial charge in [0.15, 0.2) is 0 Å². The SMILES string of the molecule is CCCC(O)(CCC)CNC(=O)c1ccnc(C2CC2)n1. The van der Waals surface area contributed by atoms with Crippen LogP contribution in [0.25, 0.3) is 0 Å². The van der Waals surface area contributed by atoms with Crippen molar-refractivity contribution in [2.45, 2.75) is 63.9 Å². The van der Waals surface area contributed by atoms with Crippen LogP contribution < -0.4 is 5.32 Å². The predicted molar refractivity (Wildman–Crippen MR) is 81.1 cm³/mol. The van der Waals surface area contributed by atoms with Gasteiger partial charge in [0.1, 0.15) is 11.5 Å². The Bertz CT molecular complexity index is 480. The number of nitrogens with zero attached hydrogens (tertiary/aromatic N) is 2. The van der Waals surface area contributed by atoms with Gasteiger partial charge >= 0.3 is 0 Å². The van der Waals surface area contributed by atoms with E-state index in [9.17, 15) is 9.90 Å². The van der Waals surface area contributed by atoms with E-state index in [0.717, 1.165) is 31.5 Å². The molecule has 0 spiro atoms. The smallest absolute Gasteiger partial charge is 0.270 e. The highest BCUT2D eigenvalue weighted by atomic mass is 16.3. The van der Waals surface area contributed by atoms with E-state index in [-0.39, 0.29) is 12.5 Å². The first-order chi connectivity index (χ1) is 10.1. The quantitative estimate of drug-likeness (QED) is 0.771. The zero-order valence-electron chi connectivity index (χ0n) is 12.9. The van der Waals surface area contributed by atoms with Gasteiger partial charge in [-0.15, -0.1) is 0 Å². The fraction of sp³-hybridized carbons (Fsp3) is 0.688. The summed E-state index contributed by atoms with van der Waals surface area (Å²) >= 11 is 0. The summed E-state index contributed by atoms with van der Waals surface area (Å²) in [6.07, 6.45) is 7.03. The summed E-state index contributed by atoms with van der Waals surface area (Å²) in [6, 6.07) is 1.62. The molecule has 1 fully saturated rings. The molecule has 2 N–H and O–H groups in total. The van der Waals surface area contributed by atoms with Crippen LogP contribution in [0.5, 0.6) is 0 Å². The molecule has 1 amide bonds. The Labute approximate surface area is 126 Å². The van der Waals surface area contributed by atoms with E-state index in [1.165, 1.54) is 0 Å². The lowest BCUT2D eigenvalue weighted by atomic mass is 9.92. The zero-order chi connectivity index (χ0) is 15.3. The van der Waals surface area contributed by atoms with Crippen molar-refractivity contribution in [1.29, 1.82) is 0 Å². The van der Waals surface area contributed by atoms with Gasteiger partial charge in [-0.1, -0.05) is 26.7 Å². The molecule has 0 unspecified atom stereocenters. The molecule has 0 saturated heterocycles. The van der Waals surface area contributed by atoms with Crippen LogP contribution in [0.15, 0.2) is 12.3 Å². The highest BCUT2D eigenvalue weighted by Crippen LogP contribution is 2.37. The molecule has 1 aliphatic carbocycles. The third-order valence-electron chi connectivity index (χ3n) is 3.86. The molecule has 1 saturated carbocycles. The molecule has 0 bridgehead atoms. The third-order valence-corrected chi connectivity index (χ3v) is 3.86. The number of hydrogen-bond acceptors (Lipinski definition) is 4. The van der Waals surface area contributed by atoms with Crippen LogP contribution in [0.3, 0.4) is 0 Å². The summed E-state index contributed by atoms with van der Waals surface area (Å²) in [6.45, 7) is 4.35. The summed E-state index contributed by atoms with van der Waals surface area (Å²) in [5, 5.41) is 13.3. The van der Waals surface area contributed by atoms with E-state index in [1.54, 1.807) is 12.3 Å². The number of rotatable bonds is 8. The molecule has 1 aromatic rings. The molecule has 21 heavy (non-hydrogen) atoms. The molecule has 5 heteroatoms. The second kappa shape index (κ2) is 6.98. The molecule has 1 aromatic heterocycles. The van der Waals surface area contributed by atoms with Gasteiger partial charge in [0.2, 0.25) is 0 Å². The second-order valence-corrected chi connectivity index (χ2v) is 5.98. The Hall–Kier alpha value is -1.49. The largest absolute Gasteiger partial charge is 0.388 e. The van der Waals surface area contributed by atoms with Gasteiger partial charge in [-0.2, -0.15) is 0 Å². The van der Waals surface area contributed by atoms with E-state index in [0.29, 0.717) is 24.5 Å². The van der Waals surface area contributed by atoms with Gasteiger partial charge in [0.25, 0.3) is 5.91 Å². The van der Waals surface area contributed by atoms with Crippen molar-refractivity contribution in [2.75, 3.05) is 6.54 Å². The zero-order valence-corrected chi connectivity index (χ0v) is 12.9. The highest BCUT2D eigenvalue weighted by molar-refractivity contribution is 5.92. The summed E-state index contributed by atoms with van der Waals surface area (Å²) in [7, 11) is 0. The monoisotopic (exact) mass is 291 g/mol. The Morgan fingerprint density at radius 3 is 2.62 bits per heavy atom. The molecule has 2 rings (SSSR count). The van der Waals surface area contributed by atoms with Crippen molar-refractivity contribution in [3.63, 3.8) is 0 Å². The number of carbonyl (C=O) groups excluding carboxylic acids is 1. The van der Waals surface area contributed by atoms with E-state index in [2.05, 4.69) is 15.3 Å². The fourth-order valence-corrected chi connectivity index (χ4v) is 2.61. The van der Waals surface area contributed by atoms with Crippen LogP contribution in [-0.2, 0) is 0 Å². The average Bonchev–Trinajstić information content (AvgIpc) is 3.30. The molecule has 0 aliphatic heterocycles. The lowest BCUT2D eigenvalue weighted by Crippen LogP contribution is -2.43. The molecule has 1 heterocycles. The van der Waals surface area contributed by atoms with E-state index in [4.69, 9.17) is 0 Å². The van der Waals surface area contributed by atoms with Gasteiger partial charge in [0.05, 0.1) is 5.60 Å². The van der Waals surface area contributed by atoms with Gasteiger partial charge in [-0.05, 0) is 31.7 Å². The van der Waals surface area contributed by atoms with Gasteiger partial charge in [-0.25, -0.2) is 9.97 Å². The van der Waals surface area contributed by atoms with Crippen LogP contribution in [0.1, 0.15) is 74.6 Å². The van der Waals surface area contributed by atoms with Crippen molar-refractivity contribution >= 4 is 5.91 Å². The molecule has 116 valence electrons. The number of carbonyl (C=O) groups is 1. The van der Waals surface area contributed by atoms with Gasteiger partial charge < -0.3 is 10.4 Å². The van der Waals surface area contributed by atoms with Crippen molar-refractivity contribution in [2.24, 2.45) is 0 Å². The maximum absolute atomic E-state index is 12.2. The maximum atomic E-state index is 12.2. The van der Waals surface area contributed by atoms with Crippen molar-refractivity contribution in [3.05, 3.63) is 23.8 Å². The Morgan fingerprint density at radius 1 is 1.38 bits per heavy atom. The predicted octanol–water partition coefficient (Wildman–Crippen LogP) is 2.42. The van der Waals surface area contributed by atoms with Crippen molar-refractivity contribution in [1.82, 2.24) is 15.3 Å². The molecule has 0 atom stereocenters. The molecule has 0 radical (unpaired) electrons. The Balaban J connectivity index is 1.95. The average molecular weight is 291 g/mol. The topological polar surface area (TPSA) is 75.1 Å². The molecule has 1 aliphatic rings. The normalized spacial score (nSPS) is 15.0. The Kier molecular flexibility index (Phi) is 5.28. The number of aromatic nitrogens is 2. The summed E-state index contributed by atoms with van der Waals surface area (Å²) in [4.78, 5) is 20.7. The van der Waals surface area contributed by atoms with Crippen molar-refractivity contribution in [3.8, 4) is 0 Å². The van der Waals surface area contributed by atoms with E-state index >= 15 is 0 Å². The number of hydrogen-bond donors (Lipinski definition) is 2. The molecular formula is C16H25N3O2. The van der Waals surface area contributed by atoms with Crippen LogP contribution >= 0.6 is 0 Å². The Morgan fingerprint density at radius 2 is 2.05 bits per heavy atom. The molecule has 0 aromatic carbocycles. The van der Waals surface area contributed by atoms with E-state index in [1.807, 2.05) is 13.8 Å². The van der Waals surface area contributed by atoms with Crippen LogP contribution in [-0.4, -0.2) is 33.1 Å². The first-order valence-electron chi connectivity index (χ1n) is 7.91. The van der Waals surface area contributed by atoms with Crippen LogP contribution in [0.2, 0.25) is 0 Å². The summed E-state index contributed by atoms with van der Waals surface area (Å²) in [5.74, 6) is 0.958. The minimum Gasteiger partial charge on any atom is -0.388 e. The van der Waals surface area contributed by atoms with E-state index < -0.39 is 5.60 Å². The van der Waals surface area contributed by atoms with Gasteiger partial charge in [-0.3, -0.25) is 4.79 Å². The number of aliphatic hydroxyl groups is 1. The van der Waals surface area contributed by atoms with Crippen LogP contribution in [0.4, 0.5) is 0 Å². The first-order valence-corrected chi connectivity index (χ1v) is 7.91. The highest BCUT2D eigenvalue weighted by Gasteiger charge is 2.28. The van der Waals surface area contributed by atoms with Crippen molar-refractivity contribution < 1.29 is 9.90 Å². The van der Waals surface area contributed by atoms with Gasteiger partial charge in [0, 0.05) is 18.7 Å². The number of nitrogens with one attached hydrogen (secondary N) is 1. The standard InChI is InChI=1S/C16H25N3O2/c1-3-8-16(21,9-4-2)11-18-15(20)13-7-10-17-14(19-13)12-5-6-12/h7,10,12,21H,3-6,8-9,11H2,1-2H3,(H,18,20).